The van der Waals surface area contributed by atoms with Gasteiger partial charge in [-0.1, -0.05) is 6.08 Å². The Morgan fingerprint density at radius 1 is 1.72 bits per heavy atom. The molecule has 1 unspecified atom stereocenters. The highest BCUT2D eigenvalue weighted by molar-refractivity contribution is 7.99. The molecule has 0 saturated carbocycles. The molecule has 1 fully saturated rings. The van der Waals surface area contributed by atoms with Gasteiger partial charge in [-0.2, -0.15) is 11.8 Å². The second-order valence-corrected chi connectivity index (χ2v) is 5.13. The fourth-order valence-electron chi connectivity index (χ4n) is 1.66. The Hall–Kier alpha value is -1.49. The van der Waals surface area contributed by atoms with E-state index in [4.69, 9.17) is 4.74 Å². The van der Waals surface area contributed by atoms with Gasteiger partial charge in [-0.25, -0.2) is 4.98 Å². The number of aromatic nitrogens is 1. The van der Waals surface area contributed by atoms with Gasteiger partial charge >= 0.3 is 0 Å². The number of carbonyl (C=O) groups is 1. The Morgan fingerprint density at radius 2 is 2.61 bits per heavy atom. The zero-order chi connectivity index (χ0) is 12.8. The van der Waals surface area contributed by atoms with Crippen molar-refractivity contribution < 1.29 is 9.53 Å². The number of hydrogen-bond donors (Lipinski definition) is 1. The molecule has 0 spiro atoms. The number of nitrogens with zero attached hydrogens (tertiary/aromatic N) is 1. The number of thioether (sulfide) groups is 1. The standard InChI is InChI=1S/C13H16N2O2S/c1-2-5-15-13(16)10-3-6-14-12(8-10)17-11-4-7-18-9-11/h2-3,6,8,11H,1,4-5,7,9H2,(H,15,16). The molecule has 1 saturated heterocycles. The van der Waals surface area contributed by atoms with E-state index in [1.54, 1.807) is 24.4 Å². The summed E-state index contributed by atoms with van der Waals surface area (Å²) < 4.78 is 5.74. The van der Waals surface area contributed by atoms with Crippen LogP contribution in [0.2, 0.25) is 0 Å². The first kappa shape index (κ1) is 13.0. The molecule has 0 aromatic carbocycles. The lowest BCUT2D eigenvalue weighted by atomic mass is 10.2. The SMILES string of the molecule is C=CCNC(=O)c1ccnc(OC2CCSC2)c1. The predicted octanol–water partition coefficient (Wildman–Crippen LogP) is 1.88. The van der Waals surface area contributed by atoms with Crippen molar-refractivity contribution in [1.29, 1.82) is 0 Å². The zero-order valence-electron chi connectivity index (χ0n) is 10.1. The first-order valence-corrected chi connectivity index (χ1v) is 7.04. The molecule has 1 atom stereocenters. The van der Waals surface area contributed by atoms with E-state index in [1.165, 1.54) is 0 Å². The van der Waals surface area contributed by atoms with Crippen LogP contribution in [0, 0.1) is 0 Å². The molecule has 2 rings (SSSR count). The van der Waals surface area contributed by atoms with E-state index in [1.807, 2.05) is 11.8 Å². The Bertz CT molecular complexity index is 431. The van der Waals surface area contributed by atoms with E-state index >= 15 is 0 Å². The van der Waals surface area contributed by atoms with Gasteiger partial charge in [0.25, 0.3) is 5.91 Å². The van der Waals surface area contributed by atoms with Crippen molar-refractivity contribution in [2.45, 2.75) is 12.5 Å². The Labute approximate surface area is 111 Å². The van der Waals surface area contributed by atoms with Crippen molar-refractivity contribution in [3.8, 4) is 5.88 Å². The minimum absolute atomic E-state index is 0.136. The van der Waals surface area contributed by atoms with Gasteiger partial charge in [0.15, 0.2) is 0 Å². The molecule has 1 aromatic rings. The van der Waals surface area contributed by atoms with Crippen LogP contribution in [0.4, 0.5) is 0 Å². The molecule has 1 aliphatic rings. The summed E-state index contributed by atoms with van der Waals surface area (Å²) in [5.74, 6) is 2.51. The average molecular weight is 264 g/mol. The summed E-state index contributed by atoms with van der Waals surface area (Å²) >= 11 is 1.88. The highest BCUT2D eigenvalue weighted by Crippen LogP contribution is 2.22. The van der Waals surface area contributed by atoms with Gasteiger partial charge in [-0.3, -0.25) is 4.79 Å². The van der Waals surface area contributed by atoms with Crippen LogP contribution in [0.15, 0.2) is 31.0 Å². The highest BCUT2D eigenvalue weighted by atomic mass is 32.2. The van der Waals surface area contributed by atoms with Crippen LogP contribution in [0.25, 0.3) is 0 Å². The van der Waals surface area contributed by atoms with Gasteiger partial charge in [0.1, 0.15) is 6.10 Å². The Morgan fingerprint density at radius 3 is 3.33 bits per heavy atom. The first-order valence-electron chi connectivity index (χ1n) is 5.89. The van der Waals surface area contributed by atoms with Crippen molar-refractivity contribution in [3.63, 3.8) is 0 Å². The third-order valence-corrected chi connectivity index (χ3v) is 3.71. The van der Waals surface area contributed by atoms with Crippen LogP contribution >= 0.6 is 11.8 Å². The van der Waals surface area contributed by atoms with E-state index in [0.717, 1.165) is 17.9 Å². The summed E-state index contributed by atoms with van der Waals surface area (Å²) in [6, 6.07) is 3.36. The van der Waals surface area contributed by atoms with Crippen LogP contribution in [-0.2, 0) is 0 Å². The summed E-state index contributed by atoms with van der Waals surface area (Å²) in [6.45, 7) is 4.01. The zero-order valence-corrected chi connectivity index (χ0v) is 10.9. The normalized spacial score (nSPS) is 18.3. The van der Waals surface area contributed by atoms with Crippen molar-refractivity contribution in [2.75, 3.05) is 18.1 Å². The van der Waals surface area contributed by atoms with Crippen molar-refractivity contribution in [3.05, 3.63) is 36.5 Å². The molecule has 0 radical (unpaired) electrons. The smallest absolute Gasteiger partial charge is 0.251 e. The summed E-state index contributed by atoms with van der Waals surface area (Å²) in [5.41, 5.74) is 0.563. The molecule has 1 aromatic heterocycles. The number of ether oxygens (including phenoxy) is 1. The van der Waals surface area contributed by atoms with E-state index in [2.05, 4.69) is 16.9 Å². The Kier molecular flexibility index (Phi) is 4.64. The molecule has 96 valence electrons. The lowest BCUT2D eigenvalue weighted by molar-refractivity contribution is 0.0957. The van der Waals surface area contributed by atoms with Crippen LogP contribution in [0.1, 0.15) is 16.8 Å². The lowest BCUT2D eigenvalue weighted by Crippen LogP contribution is -2.23. The largest absolute Gasteiger partial charge is 0.473 e. The van der Waals surface area contributed by atoms with Gasteiger partial charge < -0.3 is 10.1 Å². The third-order valence-electron chi connectivity index (χ3n) is 2.58. The maximum atomic E-state index is 11.7. The van der Waals surface area contributed by atoms with E-state index in [9.17, 15) is 4.79 Å². The summed E-state index contributed by atoms with van der Waals surface area (Å²) in [6.07, 6.45) is 4.50. The van der Waals surface area contributed by atoms with Gasteiger partial charge in [-0.05, 0) is 18.2 Å². The molecular weight excluding hydrogens is 248 g/mol. The summed E-state index contributed by atoms with van der Waals surface area (Å²) in [4.78, 5) is 15.9. The van der Waals surface area contributed by atoms with E-state index in [-0.39, 0.29) is 12.0 Å². The predicted molar refractivity (Wildman–Crippen MR) is 73.1 cm³/mol. The average Bonchev–Trinajstić information content (AvgIpc) is 2.89. The summed E-state index contributed by atoms with van der Waals surface area (Å²) in [5, 5.41) is 2.73. The number of nitrogens with one attached hydrogen (secondary N) is 1. The van der Waals surface area contributed by atoms with Crippen molar-refractivity contribution in [1.82, 2.24) is 10.3 Å². The minimum Gasteiger partial charge on any atom is -0.473 e. The highest BCUT2D eigenvalue weighted by Gasteiger charge is 2.18. The Balaban J connectivity index is 1.99. The topological polar surface area (TPSA) is 51.2 Å². The van der Waals surface area contributed by atoms with E-state index in [0.29, 0.717) is 18.0 Å². The van der Waals surface area contributed by atoms with Crippen molar-refractivity contribution in [2.24, 2.45) is 0 Å². The number of carbonyl (C=O) groups excluding carboxylic acids is 1. The monoisotopic (exact) mass is 264 g/mol. The van der Waals surface area contributed by atoms with Gasteiger partial charge in [-0.15, -0.1) is 6.58 Å². The molecule has 1 amide bonds. The van der Waals surface area contributed by atoms with E-state index < -0.39 is 0 Å². The number of rotatable bonds is 5. The molecular formula is C13H16N2O2S. The number of pyridine rings is 1. The molecule has 18 heavy (non-hydrogen) atoms. The van der Waals surface area contributed by atoms with Gasteiger partial charge in [0.05, 0.1) is 0 Å². The maximum absolute atomic E-state index is 11.7. The van der Waals surface area contributed by atoms with Crippen LogP contribution in [-0.4, -0.2) is 35.0 Å². The maximum Gasteiger partial charge on any atom is 0.251 e. The molecule has 1 aliphatic heterocycles. The third kappa shape index (κ3) is 3.50. The quantitative estimate of drug-likeness (QED) is 0.825. The van der Waals surface area contributed by atoms with Crippen molar-refractivity contribution >= 4 is 17.7 Å². The molecule has 2 heterocycles. The number of hydrogen-bond acceptors (Lipinski definition) is 4. The summed E-state index contributed by atoms with van der Waals surface area (Å²) in [7, 11) is 0. The fourth-order valence-corrected chi connectivity index (χ4v) is 2.75. The number of amides is 1. The lowest BCUT2D eigenvalue weighted by Gasteiger charge is -2.11. The van der Waals surface area contributed by atoms with Gasteiger partial charge in [0.2, 0.25) is 5.88 Å². The molecule has 0 bridgehead atoms. The molecule has 5 heteroatoms. The minimum atomic E-state index is -0.136. The fraction of sp³-hybridized carbons (Fsp3) is 0.385. The van der Waals surface area contributed by atoms with Crippen LogP contribution in [0.5, 0.6) is 5.88 Å². The first-order chi connectivity index (χ1) is 8.79. The second kappa shape index (κ2) is 6.44. The molecule has 1 N–H and O–H groups in total. The molecule has 0 aliphatic carbocycles. The van der Waals surface area contributed by atoms with Crippen LogP contribution < -0.4 is 10.1 Å². The van der Waals surface area contributed by atoms with Crippen LogP contribution in [0.3, 0.4) is 0 Å². The second-order valence-electron chi connectivity index (χ2n) is 3.98. The van der Waals surface area contributed by atoms with Gasteiger partial charge in [0, 0.05) is 30.1 Å². The molecule has 4 nitrogen and oxygen atoms in total.